The molecule has 2 aliphatic carbocycles. The molecule has 2 aliphatic rings. The quantitative estimate of drug-likeness (QED) is 0.901. The molecular formula is C14H20N2O2S. The van der Waals surface area contributed by atoms with E-state index >= 15 is 0 Å². The summed E-state index contributed by atoms with van der Waals surface area (Å²) in [5.41, 5.74) is 0.841. The van der Waals surface area contributed by atoms with E-state index in [0.29, 0.717) is 0 Å². The van der Waals surface area contributed by atoms with Crippen LogP contribution in [0.1, 0.15) is 49.1 Å². The SMILES string of the molecule is CCN(CC1CC1)c1nc2c(s1)CCCC2C(=O)O. The first-order valence-corrected chi connectivity index (χ1v) is 7.98. The second-order valence-corrected chi connectivity index (χ2v) is 6.63. The molecule has 0 spiro atoms. The predicted octanol–water partition coefficient (Wildman–Crippen LogP) is 2.88. The lowest BCUT2D eigenvalue weighted by atomic mass is 9.91. The van der Waals surface area contributed by atoms with Crippen LogP contribution in [0.4, 0.5) is 5.13 Å². The van der Waals surface area contributed by atoms with Gasteiger partial charge in [0.1, 0.15) is 5.92 Å². The lowest BCUT2D eigenvalue weighted by Gasteiger charge is -2.19. The molecule has 5 heteroatoms. The predicted molar refractivity (Wildman–Crippen MR) is 76.0 cm³/mol. The number of aromatic nitrogens is 1. The normalized spacial score (nSPS) is 22.1. The first-order chi connectivity index (χ1) is 9.19. The van der Waals surface area contributed by atoms with Crippen LogP contribution in [-0.4, -0.2) is 29.1 Å². The second kappa shape index (κ2) is 5.12. The second-order valence-electron chi connectivity index (χ2n) is 5.57. The van der Waals surface area contributed by atoms with Crippen molar-refractivity contribution in [2.75, 3.05) is 18.0 Å². The number of hydrogen-bond donors (Lipinski definition) is 1. The number of thiazole rings is 1. The Morgan fingerprint density at radius 1 is 1.47 bits per heavy atom. The van der Waals surface area contributed by atoms with Gasteiger partial charge in [0.25, 0.3) is 0 Å². The van der Waals surface area contributed by atoms with E-state index in [2.05, 4.69) is 16.8 Å². The van der Waals surface area contributed by atoms with Crippen LogP contribution in [0.3, 0.4) is 0 Å². The van der Waals surface area contributed by atoms with Gasteiger partial charge in [-0.05, 0) is 44.9 Å². The molecule has 3 rings (SSSR count). The molecule has 1 aromatic rings. The molecular weight excluding hydrogens is 260 g/mol. The Hall–Kier alpha value is -1.10. The fraction of sp³-hybridized carbons (Fsp3) is 0.714. The van der Waals surface area contributed by atoms with Crippen molar-refractivity contribution >= 4 is 22.4 Å². The third kappa shape index (κ3) is 2.61. The largest absolute Gasteiger partial charge is 0.481 e. The minimum Gasteiger partial charge on any atom is -0.481 e. The smallest absolute Gasteiger partial charge is 0.312 e. The Morgan fingerprint density at radius 3 is 2.89 bits per heavy atom. The zero-order chi connectivity index (χ0) is 13.4. The number of aliphatic carboxylic acids is 1. The molecule has 104 valence electrons. The third-order valence-electron chi connectivity index (χ3n) is 4.07. The van der Waals surface area contributed by atoms with Gasteiger partial charge in [0.05, 0.1) is 5.69 Å². The monoisotopic (exact) mass is 280 g/mol. The summed E-state index contributed by atoms with van der Waals surface area (Å²) < 4.78 is 0. The van der Waals surface area contributed by atoms with Crippen molar-refractivity contribution < 1.29 is 9.90 Å². The highest BCUT2D eigenvalue weighted by Crippen LogP contribution is 2.39. The molecule has 1 aromatic heterocycles. The standard InChI is InChI=1S/C14H20N2O2S/c1-2-16(8-9-6-7-9)14-15-12-10(13(17)18)4-3-5-11(12)19-14/h9-10H,2-8H2,1H3,(H,17,18). The van der Waals surface area contributed by atoms with Crippen LogP contribution in [0.5, 0.6) is 0 Å². The van der Waals surface area contributed by atoms with E-state index in [1.54, 1.807) is 11.3 Å². The Morgan fingerprint density at radius 2 is 2.26 bits per heavy atom. The maximum absolute atomic E-state index is 11.3. The molecule has 1 N–H and O–H groups in total. The molecule has 1 atom stereocenters. The van der Waals surface area contributed by atoms with Crippen molar-refractivity contribution in [1.82, 2.24) is 4.98 Å². The maximum Gasteiger partial charge on any atom is 0.312 e. The molecule has 1 saturated carbocycles. The van der Waals surface area contributed by atoms with Crippen LogP contribution in [0.2, 0.25) is 0 Å². The van der Waals surface area contributed by atoms with Gasteiger partial charge in [-0.2, -0.15) is 0 Å². The topological polar surface area (TPSA) is 53.4 Å². The van der Waals surface area contributed by atoms with Crippen LogP contribution in [0, 0.1) is 5.92 Å². The van der Waals surface area contributed by atoms with Gasteiger partial charge in [-0.3, -0.25) is 4.79 Å². The molecule has 1 heterocycles. The molecule has 0 aromatic carbocycles. The highest BCUT2D eigenvalue weighted by molar-refractivity contribution is 7.15. The van der Waals surface area contributed by atoms with Gasteiger partial charge in [0.15, 0.2) is 5.13 Å². The summed E-state index contributed by atoms with van der Waals surface area (Å²) in [7, 11) is 0. The molecule has 0 saturated heterocycles. The first-order valence-electron chi connectivity index (χ1n) is 7.16. The van der Waals surface area contributed by atoms with Gasteiger partial charge in [-0.15, -0.1) is 11.3 Å². The van der Waals surface area contributed by atoms with Gasteiger partial charge >= 0.3 is 5.97 Å². The van der Waals surface area contributed by atoms with Gasteiger partial charge < -0.3 is 10.0 Å². The summed E-state index contributed by atoms with van der Waals surface area (Å²) in [6, 6.07) is 0. The van der Waals surface area contributed by atoms with Crippen LogP contribution >= 0.6 is 11.3 Å². The molecule has 1 unspecified atom stereocenters. The summed E-state index contributed by atoms with van der Waals surface area (Å²) in [4.78, 5) is 19.5. The Kier molecular flexibility index (Phi) is 3.48. The molecule has 0 radical (unpaired) electrons. The zero-order valence-corrected chi connectivity index (χ0v) is 12.1. The minimum absolute atomic E-state index is 0.381. The molecule has 19 heavy (non-hydrogen) atoms. The average Bonchev–Trinajstić information content (AvgIpc) is 3.11. The van der Waals surface area contributed by atoms with Crippen LogP contribution in [-0.2, 0) is 11.2 Å². The van der Waals surface area contributed by atoms with Crippen molar-refractivity contribution in [2.24, 2.45) is 5.92 Å². The van der Waals surface area contributed by atoms with Gasteiger partial charge in [0.2, 0.25) is 0 Å². The highest BCUT2D eigenvalue weighted by atomic mass is 32.1. The molecule has 0 aliphatic heterocycles. The van der Waals surface area contributed by atoms with Crippen molar-refractivity contribution in [3.8, 4) is 0 Å². The van der Waals surface area contributed by atoms with E-state index in [-0.39, 0.29) is 5.92 Å². The van der Waals surface area contributed by atoms with E-state index in [1.807, 2.05) is 0 Å². The minimum atomic E-state index is -0.719. The Balaban J connectivity index is 1.85. The fourth-order valence-electron chi connectivity index (χ4n) is 2.74. The number of carboxylic acid groups (broad SMARTS) is 1. The lowest BCUT2D eigenvalue weighted by molar-refractivity contribution is -0.139. The Labute approximate surface area is 117 Å². The number of fused-ring (bicyclic) bond motifs is 1. The summed E-state index contributed by atoms with van der Waals surface area (Å²) in [5.74, 6) is -0.271. The van der Waals surface area contributed by atoms with E-state index in [0.717, 1.165) is 49.1 Å². The van der Waals surface area contributed by atoms with Gasteiger partial charge in [0, 0.05) is 18.0 Å². The molecule has 4 nitrogen and oxygen atoms in total. The fourth-order valence-corrected chi connectivity index (χ4v) is 3.97. The van der Waals surface area contributed by atoms with E-state index in [4.69, 9.17) is 0 Å². The summed E-state index contributed by atoms with van der Waals surface area (Å²) in [5, 5.41) is 10.3. The summed E-state index contributed by atoms with van der Waals surface area (Å²) in [6.07, 6.45) is 5.37. The van der Waals surface area contributed by atoms with Crippen molar-refractivity contribution in [1.29, 1.82) is 0 Å². The number of aryl methyl sites for hydroxylation is 1. The van der Waals surface area contributed by atoms with E-state index in [9.17, 15) is 9.90 Å². The van der Waals surface area contributed by atoms with E-state index in [1.165, 1.54) is 17.7 Å². The molecule has 1 fully saturated rings. The summed E-state index contributed by atoms with van der Waals surface area (Å²) >= 11 is 1.71. The molecule has 0 amide bonds. The molecule has 0 bridgehead atoms. The lowest BCUT2D eigenvalue weighted by Crippen LogP contribution is -2.25. The van der Waals surface area contributed by atoms with E-state index < -0.39 is 5.97 Å². The summed E-state index contributed by atoms with van der Waals surface area (Å²) in [6.45, 7) is 4.19. The van der Waals surface area contributed by atoms with Gasteiger partial charge in [-0.25, -0.2) is 4.98 Å². The number of rotatable bonds is 5. The van der Waals surface area contributed by atoms with Gasteiger partial charge in [-0.1, -0.05) is 0 Å². The van der Waals surface area contributed by atoms with Crippen molar-refractivity contribution in [3.05, 3.63) is 10.6 Å². The maximum atomic E-state index is 11.3. The number of nitrogens with zero attached hydrogens (tertiary/aromatic N) is 2. The number of anilines is 1. The zero-order valence-electron chi connectivity index (χ0n) is 11.3. The third-order valence-corrected chi connectivity index (χ3v) is 5.26. The Bertz CT molecular complexity index is 482. The van der Waals surface area contributed by atoms with Crippen LogP contribution < -0.4 is 4.90 Å². The van der Waals surface area contributed by atoms with Crippen LogP contribution in [0.15, 0.2) is 0 Å². The number of hydrogen-bond acceptors (Lipinski definition) is 4. The first kappa shape index (κ1) is 12.9. The number of carbonyl (C=O) groups is 1. The van der Waals surface area contributed by atoms with Crippen molar-refractivity contribution in [2.45, 2.75) is 44.9 Å². The van der Waals surface area contributed by atoms with Crippen molar-refractivity contribution in [3.63, 3.8) is 0 Å². The van der Waals surface area contributed by atoms with Crippen LogP contribution in [0.25, 0.3) is 0 Å². The average molecular weight is 280 g/mol. The number of carboxylic acids is 1. The highest BCUT2D eigenvalue weighted by Gasteiger charge is 2.32.